The van der Waals surface area contributed by atoms with E-state index < -0.39 is 0 Å². The molecule has 0 aromatic heterocycles. The van der Waals surface area contributed by atoms with Gasteiger partial charge in [0, 0.05) is 11.6 Å². The van der Waals surface area contributed by atoms with Gasteiger partial charge in [-0.05, 0) is 50.9 Å². The maximum absolute atomic E-state index is 9.65. The molecule has 1 unspecified atom stereocenters. The number of aliphatic hydroxyl groups is 1. The van der Waals surface area contributed by atoms with Crippen LogP contribution in [0.2, 0.25) is 0 Å². The van der Waals surface area contributed by atoms with Gasteiger partial charge >= 0.3 is 0 Å². The summed E-state index contributed by atoms with van der Waals surface area (Å²) < 4.78 is 0. The van der Waals surface area contributed by atoms with Crippen LogP contribution in [0.5, 0.6) is 0 Å². The first-order chi connectivity index (χ1) is 7.53. The van der Waals surface area contributed by atoms with Crippen molar-refractivity contribution in [1.29, 1.82) is 0 Å². The fourth-order valence-electron chi connectivity index (χ4n) is 2.83. The van der Waals surface area contributed by atoms with Gasteiger partial charge in [0.15, 0.2) is 0 Å². The summed E-state index contributed by atoms with van der Waals surface area (Å²) >= 11 is 0. The molecule has 1 aliphatic rings. The SMILES string of the molecule is CCC(C)NC1(CO)CCC(C(C)C)CC1. The van der Waals surface area contributed by atoms with E-state index >= 15 is 0 Å². The summed E-state index contributed by atoms with van der Waals surface area (Å²) in [6.07, 6.45) is 5.94. The summed E-state index contributed by atoms with van der Waals surface area (Å²) in [6.45, 7) is 9.34. The number of hydrogen-bond donors (Lipinski definition) is 2. The van der Waals surface area contributed by atoms with Crippen LogP contribution < -0.4 is 5.32 Å². The molecule has 1 atom stereocenters. The third-order valence-electron chi connectivity index (χ3n) is 4.40. The van der Waals surface area contributed by atoms with Gasteiger partial charge in [0.05, 0.1) is 6.61 Å². The molecule has 2 N–H and O–H groups in total. The van der Waals surface area contributed by atoms with Gasteiger partial charge in [-0.25, -0.2) is 0 Å². The normalized spacial score (nSPS) is 33.0. The van der Waals surface area contributed by atoms with Gasteiger partial charge < -0.3 is 10.4 Å². The Labute approximate surface area is 101 Å². The lowest BCUT2D eigenvalue weighted by atomic mass is 9.73. The van der Waals surface area contributed by atoms with Crippen molar-refractivity contribution in [2.24, 2.45) is 11.8 Å². The van der Waals surface area contributed by atoms with Crippen LogP contribution in [-0.2, 0) is 0 Å². The second-order valence-electron chi connectivity index (χ2n) is 5.97. The Balaban J connectivity index is 2.51. The predicted molar refractivity (Wildman–Crippen MR) is 69.5 cm³/mol. The largest absolute Gasteiger partial charge is 0.394 e. The highest BCUT2D eigenvalue weighted by molar-refractivity contribution is 4.94. The third kappa shape index (κ3) is 3.46. The molecule has 0 bridgehead atoms. The zero-order chi connectivity index (χ0) is 12.2. The second kappa shape index (κ2) is 6.02. The standard InChI is InChI=1S/C14H29NO/c1-5-12(4)15-14(10-16)8-6-13(7-9-14)11(2)3/h11-13,15-16H,5-10H2,1-4H3. The smallest absolute Gasteiger partial charge is 0.0613 e. The lowest BCUT2D eigenvalue weighted by Crippen LogP contribution is -2.54. The average Bonchev–Trinajstić information content (AvgIpc) is 2.29. The van der Waals surface area contributed by atoms with E-state index in [-0.39, 0.29) is 5.54 Å². The molecule has 2 nitrogen and oxygen atoms in total. The molecular weight excluding hydrogens is 198 g/mol. The van der Waals surface area contributed by atoms with Gasteiger partial charge in [0.2, 0.25) is 0 Å². The van der Waals surface area contributed by atoms with Gasteiger partial charge in [-0.15, -0.1) is 0 Å². The minimum atomic E-state index is 0.0147. The van der Waals surface area contributed by atoms with Crippen LogP contribution in [0.1, 0.15) is 59.8 Å². The van der Waals surface area contributed by atoms with Gasteiger partial charge in [-0.3, -0.25) is 0 Å². The minimum absolute atomic E-state index is 0.0147. The van der Waals surface area contributed by atoms with Crippen molar-refractivity contribution in [3.8, 4) is 0 Å². The average molecular weight is 227 g/mol. The number of hydrogen-bond acceptors (Lipinski definition) is 2. The molecule has 0 aromatic rings. The van der Waals surface area contributed by atoms with Crippen molar-refractivity contribution in [3.05, 3.63) is 0 Å². The van der Waals surface area contributed by atoms with E-state index in [0.29, 0.717) is 12.6 Å². The number of aliphatic hydroxyl groups excluding tert-OH is 1. The van der Waals surface area contributed by atoms with Crippen LogP contribution in [0.4, 0.5) is 0 Å². The van der Waals surface area contributed by atoms with Gasteiger partial charge in [-0.2, -0.15) is 0 Å². The van der Waals surface area contributed by atoms with Crippen molar-refractivity contribution in [2.75, 3.05) is 6.61 Å². The molecule has 1 rings (SSSR count). The van der Waals surface area contributed by atoms with E-state index in [4.69, 9.17) is 0 Å². The molecule has 1 aliphatic carbocycles. The zero-order valence-electron chi connectivity index (χ0n) is 11.4. The number of nitrogens with one attached hydrogen (secondary N) is 1. The molecule has 0 aromatic carbocycles. The van der Waals surface area contributed by atoms with E-state index in [1.165, 1.54) is 12.8 Å². The summed E-state index contributed by atoms with van der Waals surface area (Å²) in [5.41, 5.74) is 0.0147. The van der Waals surface area contributed by atoms with Crippen molar-refractivity contribution in [1.82, 2.24) is 5.32 Å². The van der Waals surface area contributed by atoms with Crippen molar-refractivity contribution < 1.29 is 5.11 Å². The quantitative estimate of drug-likeness (QED) is 0.757. The summed E-state index contributed by atoms with van der Waals surface area (Å²) in [7, 11) is 0. The summed E-state index contributed by atoms with van der Waals surface area (Å²) in [4.78, 5) is 0. The fraction of sp³-hybridized carbons (Fsp3) is 1.00. The summed E-state index contributed by atoms with van der Waals surface area (Å²) in [5, 5.41) is 13.3. The van der Waals surface area contributed by atoms with Crippen molar-refractivity contribution >= 4 is 0 Å². The van der Waals surface area contributed by atoms with Crippen LogP contribution >= 0.6 is 0 Å². The summed E-state index contributed by atoms with van der Waals surface area (Å²) in [6, 6.07) is 0.516. The van der Waals surface area contributed by atoms with Crippen molar-refractivity contribution in [3.63, 3.8) is 0 Å². The van der Waals surface area contributed by atoms with E-state index in [1.807, 2.05) is 0 Å². The molecule has 0 radical (unpaired) electrons. The zero-order valence-corrected chi connectivity index (χ0v) is 11.4. The molecule has 16 heavy (non-hydrogen) atoms. The lowest BCUT2D eigenvalue weighted by Gasteiger charge is -2.42. The third-order valence-corrected chi connectivity index (χ3v) is 4.40. The van der Waals surface area contributed by atoms with Gasteiger partial charge in [0.1, 0.15) is 0 Å². The number of rotatable bonds is 5. The van der Waals surface area contributed by atoms with Crippen LogP contribution in [-0.4, -0.2) is 23.3 Å². The van der Waals surface area contributed by atoms with Gasteiger partial charge in [0.25, 0.3) is 0 Å². The summed E-state index contributed by atoms with van der Waals surface area (Å²) in [5.74, 6) is 1.65. The molecule has 2 heteroatoms. The molecule has 1 saturated carbocycles. The highest BCUT2D eigenvalue weighted by Gasteiger charge is 2.35. The van der Waals surface area contributed by atoms with Crippen LogP contribution in [0.3, 0.4) is 0 Å². The highest BCUT2D eigenvalue weighted by Crippen LogP contribution is 2.36. The molecule has 1 fully saturated rings. The first-order valence-corrected chi connectivity index (χ1v) is 6.91. The Morgan fingerprint density at radius 1 is 1.25 bits per heavy atom. The van der Waals surface area contributed by atoms with Gasteiger partial charge in [-0.1, -0.05) is 20.8 Å². The molecule has 0 saturated heterocycles. The van der Waals surface area contributed by atoms with E-state index in [0.717, 1.165) is 31.1 Å². The Morgan fingerprint density at radius 2 is 1.81 bits per heavy atom. The topological polar surface area (TPSA) is 32.3 Å². The molecule has 0 spiro atoms. The first kappa shape index (κ1) is 14.0. The van der Waals surface area contributed by atoms with E-state index in [1.54, 1.807) is 0 Å². The predicted octanol–water partition coefficient (Wildman–Crippen LogP) is 2.95. The maximum atomic E-state index is 9.65. The van der Waals surface area contributed by atoms with E-state index in [9.17, 15) is 5.11 Å². The Morgan fingerprint density at radius 3 is 2.19 bits per heavy atom. The van der Waals surface area contributed by atoms with Crippen molar-refractivity contribution in [2.45, 2.75) is 71.4 Å². The Kier molecular flexibility index (Phi) is 5.26. The van der Waals surface area contributed by atoms with Crippen LogP contribution in [0.25, 0.3) is 0 Å². The molecule has 0 aliphatic heterocycles. The Hall–Kier alpha value is -0.0800. The maximum Gasteiger partial charge on any atom is 0.0613 e. The van der Waals surface area contributed by atoms with Crippen LogP contribution in [0.15, 0.2) is 0 Å². The van der Waals surface area contributed by atoms with E-state index in [2.05, 4.69) is 33.0 Å². The second-order valence-corrected chi connectivity index (χ2v) is 5.97. The molecular formula is C14H29NO. The molecule has 96 valence electrons. The highest BCUT2D eigenvalue weighted by atomic mass is 16.3. The lowest BCUT2D eigenvalue weighted by molar-refractivity contribution is 0.0822. The molecule has 0 heterocycles. The first-order valence-electron chi connectivity index (χ1n) is 6.91. The molecule has 0 amide bonds. The Bertz CT molecular complexity index is 195. The minimum Gasteiger partial charge on any atom is -0.394 e. The fourth-order valence-corrected chi connectivity index (χ4v) is 2.83. The monoisotopic (exact) mass is 227 g/mol. The van der Waals surface area contributed by atoms with Crippen LogP contribution in [0, 0.1) is 11.8 Å².